The van der Waals surface area contributed by atoms with Crippen molar-refractivity contribution in [2.45, 2.75) is 18.8 Å². The molecule has 3 rings (SSSR count). The summed E-state index contributed by atoms with van der Waals surface area (Å²) in [6.45, 7) is 2.54. The van der Waals surface area contributed by atoms with Crippen molar-refractivity contribution >= 4 is 23.2 Å². The van der Waals surface area contributed by atoms with E-state index in [1.165, 1.54) is 16.9 Å². The Morgan fingerprint density at radius 2 is 2.00 bits per heavy atom. The Bertz CT molecular complexity index is 718. The van der Waals surface area contributed by atoms with Gasteiger partial charge in [-0.1, -0.05) is 30.3 Å². The number of hydrogen-bond donors (Lipinski definition) is 2. The number of hydrogen-bond acceptors (Lipinski definition) is 4. The second-order valence-corrected chi connectivity index (χ2v) is 7.46. The van der Waals surface area contributed by atoms with Crippen LogP contribution in [0.5, 0.6) is 0 Å². The van der Waals surface area contributed by atoms with Gasteiger partial charge in [0.05, 0.1) is 0 Å². The summed E-state index contributed by atoms with van der Waals surface area (Å²) < 4.78 is 0. The van der Waals surface area contributed by atoms with E-state index < -0.39 is 0 Å². The fourth-order valence-corrected chi connectivity index (χ4v) is 4.12. The molecule has 3 N–H and O–H groups in total. The topological polar surface area (TPSA) is 75.4 Å². The molecule has 26 heavy (non-hydrogen) atoms. The number of amides is 2. The summed E-state index contributed by atoms with van der Waals surface area (Å²) >= 11 is 1.50. The van der Waals surface area contributed by atoms with Crippen molar-refractivity contribution in [3.8, 4) is 0 Å². The van der Waals surface area contributed by atoms with E-state index in [9.17, 15) is 9.59 Å². The van der Waals surface area contributed by atoms with Gasteiger partial charge in [0.25, 0.3) is 5.91 Å². The molecule has 0 unspecified atom stereocenters. The van der Waals surface area contributed by atoms with Gasteiger partial charge in [0.15, 0.2) is 0 Å². The van der Waals surface area contributed by atoms with Crippen molar-refractivity contribution in [1.29, 1.82) is 0 Å². The van der Waals surface area contributed by atoms with Gasteiger partial charge in [-0.15, -0.1) is 0 Å². The summed E-state index contributed by atoms with van der Waals surface area (Å²) in [5, 5.41) is 6.56. The average molecular weight is 372 g/mol. The van der Waals surface area contributed by atoms with E-state index in [4.69, 9.17) is 5.73 Å². The monoisotopic (exact) mass is 371 g/mol. The minimum Gasteiger partial charge on any atom is -0.352 e. The second-order valence-electron chi connectivity index (χ2n) is 6.68. The molecule has 1 aliphatic heterocycles. The van der Waals surface area contributed by atoms with Crippen LogP contribution in [-0.2, 0) is 4.79 Å². The Balaban J connectivity index is 1.45. The van der Waals surface area contributed by atoms with Gasteiger partial charge in [-0.2, -0.15) is 11.3 Å². The van der Waals surface area contributed by atoms with Crippen LogP contribution in [0.1, 0.15) is 34.7 Å². The molecule has 1 aromatic heterocycles. The van der Waals surface area contributed by atoms with Crippen LogP contribution in [0.15, 0.2) is 47.2 Å². The maximum Gasteiger partial charge on any atom is 0.252 e. The molecule has 6 heteroatoms. The first-order valence-corrected chi connectivity index (χ1v) is 9.96. The van der Waals surface area contributed by atoms with Crippen LogP contribution < -0.4 is 11.1 Å². The lowest BCUT2D eigenvalue weighted by atomic mass is 9.89. The van der Waals surface area contributed by atoms with E-state index in [2.05, 4.69) is 17.4 Å². The third kappa shape index (κ3) is 4.51. The molecule has 0 saturated carbocycles. The standard InChI is InChI=1S/C20H25N3O2S/c21-11-17-12-23(13-18(17)15-5-2-1-3-6-15)19(24)7-4-9-22-20(25)16-8-10-26-14-16/h1-3,5-6,8,10,14,17-18H,4,7,9,11-13,21H2,(H,22,25)/t17-,18+/m1/s1. The maximum absolute atomic E-state index is 12.5. The molecule has 1 aliphatic rings. The Morgan fingerprint density at radius 3 is 2.69 bits per heavy atom. The van der Waals surface area contributed by atoms with Crippen molar-refractivity contribution < 1.29 is 9.59 Å². The molecule has 0 radical (unpaired) electrons. The summed E-state index contributed by atoms with van der Waals surface area (Å²) in [4.78, 5) is 26.3. The number of likely N-dealkylation sites (tertiary alicyclic amines) is 1. The molecule has 1 saturated heterocycles. The fraction of sp³-hybridized carbons (Fsp3) is 0.400. The smallest absolute Gasteiger partial charge is 0.252 e. The first-order valence-electron chi connectivity index (χ1n) is 9.02. The molecule has 0 bridgehead atoms. The van der Waals surface area contributed by atoms with E-state index >= 15 is 0 Å². The molecule has 2 atom stereocenters. The van der Waals surface area contributed by atoms with Gasteiger partial charge in [-0.25, -0.2) is 0 Å². The van der Waals surface area contributed by atoms with Crippen LogP contribution in [0, 0.1) is 5.92 Å². The van der Waals surface area contributed by atoms with Gasteiger partial charge >= 0.3 is 0 Å². The van der Waals surface area contributed by atoms with Crippen molar-refractivity contribution in [3.05, 3.63) is 58.3 Å². The first-order chi connectivity index (χ1) is 12.7. The van der Waals surface area contributed by atoms with E-state index in [-0.39, 0.29) is 11.8 Å². The summed E-state index contributed by atoms with van der Waals surface area (Å²) in [5.74, 6) is 0.682. The minimum atomic E-state index is -0.0767. The molecular formula is C20H25N3O2S. The summed E-state index contributed by atoms with van der Waals surface area (Å²) in [6, 6.07) is 12.1. The largest absolute Gasteiger partial charge is 0.352 e. The third-order valence-electron chi connectivity index (χ3n) is 4.96. The maximum atomic E-state index is 12.5. The van der Waals surface area contributed by atoms with Crippen LogP contribution >= 0.6 is 11.3 Å². The van der Waals surface area contributed by atoms with Crippen LogP contribution in [0.3, 0.4) is 0 Å². The molecule has 5 nitrogen and oxygen atoms in total. The Hall–Kier alpha value is -2.18. The van der Waals surface area contributed by atoms with E-state index in [1.54, 1.807) is 6.07 Å². The highest BCUT2D eigenvalue weighted by molar-refractivity contribution is 7.08. The number of nitrogens with one attached hydrogen (secondary N) is 1. The highest BCUT2D eigenvalue weighted by atomic mass is 32.1. The molecule has 0 aliphatic carbocycles. The van der Waals surface area contributed by atoms with E-state index in [0.29, 0.717) is 43.3 Å². The fourth-order valence-electron chi connectivity index (χ4n) is 3.49. The van der Waals surface area contributed by atoms with E-state index in [0.717, 1.165) is 13.1 Å². The van der Waals surface area contributed by atoms with Crippen molar-refractivity contribution in [2.75, 3.05) is 26.2 Å². The van der Waals surface area contributed by atoms with Crippen LogP contribution in [0.4, 0.5) is 0 Å². The molecule has 0 spiro atoms. The zero-order chi connectivity index (χ0) is 18.4. The predicted molar refractivity (Wildman–Crippen MR) is 104 cm³/mol. The lowest BCUT2D eigenvalue weighted by Crippen LogP contribution is -2.31. The van der Waals surface area contributed by atoms with E-state index in [1.807, 2.05) is 33.9 Å². The van der Waals surface area contributed by atoms with Gasteiger partial charge in [0.2, 0.25) is 5.91 Å². The zero-order valence-electron chi connectivity index (χ0n) is 14.8. The molecule has 2 aromatic rings. The number of nitrogens with two attached hydrogens (primary N) is 1. The molecule has 1 aromatic carbocycles. The molecular weight excluding hydrogens is 346 g/mol. The number of rotatable bonds is 7. The van der Waals surface area contributed by atoms with Crippen LogP contribution in [-0.4, -0.2) is 42.9 Å². The SMILES string of the molecule is NC[C@@H]1CN(C(=O)CCCNC(=O)c2ccsc2)C[C@H]1c1ccccc1. The average Bonchev–Trinajstić information content (AvgIpc) is 3.35. The first kappa shape index (κ1) is 18.6. The Morgan fingerprint density at radius 1 is 1.19 bits per heavy atom. The van der Waals surface area contributed by atoms with Crippen LogP contribution in [0.25, 0.3) is 0 Å². The van der Waals surface area contributed by atoms with Gasteiger partial charge in [0.1, 0.15) is 0 Å². The highest BCUT2D eigenvalue weighted by Gasteiger charge is 2.34. The highest BCUT2D eigenvalue weighted by Crippen LogP contribution is 2.32. The summed E-state index contributed by atoms with van der Waals surface area (Å²) in [7, 11) is 0. The van der Waals surface area contributed by atoms with Crippen molar-refractivity contribution in [3.63, 3.8) is 0 Å². The van der Waals surface area contributed by atoms with Gasteiger partial charge in [-0.05, 0) is 35.9 Å². The van der Waals surface area contributed by atoms with Gasteiger partial charge < -0.3 is 16.0 Å². The number of thiophene rings is 1. The number of carbonyl (C=O) groups is 2. The van der Waals surface area contributed by atoms with Crippen molar-refractivity contribution in [2.24, 2.45) is 11.7 Å². The quantitative estimate of drug-likeness (QED) is 0.734. The second kappa shape index (κ2) is 8.96. The number of nitrogens with zero attached hydrogens (tertiary/aromatic N) is 1. The summed E-state index contributed by atoms with van der Waals surface area (Å²) in [5.41, 5.74) is 7.87. The van der Waals surface area contributed by atoms with Crippen LogP contribution in [0.2, 0.25) is 0 Å². The normalized spacial score (nSPS) is 19.5. The lowest BCUT2D eigenvalue weighted by molar-refractivity contribution is -0.130. The molecule has 2 heterocycles. The third-order valence-corrected chi connectivity index (χ3v) is 5.64. The number of carbonyl (C=O) groups excluding carboxylic acids is 2. The minimum absolute atomic E-state index is 0.0767. The molecule has 138 valence electrons. The Kier molecular flexibility index (Phi) is 6.41. The van der Waals surface area contributed by atoms with Crippen molar-refractivity contribution in [1.82, 2.24) is 10.2 Å². The molecule has 1 fully saturated rings. The van der Waals surface area contributed by atoms with Gasteiger partial charge in [-0.3, -0.25) is 9.59 Å². The Labute approximate surface area is 158 Å². The molecule has 2 amide bonds. The number of benzene rings is 1. The lowest BCUT2D eigenvalue weighted by Gasteiger charge is -2.17. The zero-order valence-corrected chi connectivity index (χ0v) is 15.6. The summed E-state index contributed by atoms with van der Waals surface area (Å²) in [6.07, 6.45) is 1.09. The van der Waals surface area contributed by atoms with Gasteiger partial charge in [0, 0.05) is 42.9 Å². The predicted octanol–water partition coefficient (Wildman–Crippen LogP) is 2.46.